The molecule has 2 amide bonds. The highest BCUT2D eigenvalue weighted by Crippen LogP contribution is 2.47. The lowest BCUT2D eigenvalue weighted by atomic mass is 9.76. The number of nitriles is 1. The SMILES string of the molecule is N#Cc1ccc(C2NC(Cc3ccc(O)cc3)(C(=O)O)C3C(=O)NC(=O)C23)cc1. The van der Waals surface area contributed by atoms with Crippen LogP contribution < -0.4 is 10.6 Å². The molecule has 2 aliphatic heterocycles. The van der Waals surface area contributed by atoms with Gasteiger partial charge in [0.2, 0.25) is 11.8 Å². The van der Waals surface area contributed by atoms with Gasteiger partial charge in [0.05, 0.1) is 23.5 Å². The number of imide groups is 1. The number of carbonyl (C=O) groups is 3. The van der Waals surface area contributed by atoms with Crippen molar-refractivity contribution in [2.24, 2.45) is 11.8 Å². The van der Waals surface area contributed by atoms with Gasteiger partial charge in [-0.3, -0.25) is 25.0 Å². The first-order chi connectivity index (χ1) is 13.9. The highest BCUT2D eigenvalue weighted by molar-refractivity contribution is 6.09. The van der Waals surface area contributed by atoms with Crippen LogP contribution in [0.4, 0.5) is 0 Å². The summed E-state index contributed by atoms with van der Waals surface area (Å²) < 4.78 is 0. The first-order valence-electron chi connectivity index (χ1n) is 8.99. The Morgan fingerprint density at radius 2 is 1.72 bits per heavy atom. The van der Waals surface area contributed by atoms with Gasteiger partial charge in [-0.1, -0.05) is 24.3 Å². The molecule has 2 aliphatic rings. The van der Waals surface area contributed by atoms with Gasteiger partial charge in [-0.15, -0.1) is 0 Å². The van der Waals surface area contributed by atoms with Crippen LogP contribution in [0.5, 0.6) is 5.75 Å². The summed E-state index contributed by atoms with van der Waals surface area (Å²) in [5.41, 5.74) is -0.0400. The molecule has 4 unspecified atom stereocenters. The summed E-state index contributed by atoms with van der Waals surface area (Å²) in [5.74, 6) is -4.31. The highest BCUT2D eigenvalue weighted by atomic mass is 16.4. The predicted octanol–water partition coefficient (Wildman–Crippen LogP) is 0.863. The smallest absolute Gasteiger partial charge is 0.325 e. The fourth-order valence-electron chi connectivity index (χ4n) is 4.35. The second-order valence-electron chi connectivity index (χ2n) is 7.33. The molecule has 0 aliphatic carbocycles. The number of phenols is 1. The molecule has 4 rings (SSSR count). The van der Waals surface area contributed by atoms with E-state index in [1.54, 1.807) is 36.4 Å². The van der Waals surface area contributed by atoms with Crippen molar-refractivity contribution in [2.45, 2.75) is 18.0 Å². The number of carboxylic acid groups (broad SMARTS) is 1. The first kappa shape index (κ1) is 18.7. The van der Waals surface area contributed by atoms with Crippen molar-refractivity contribution in [3.63, 3.8) is 0 Å². The van der Waals surface area contributed by atoms with E-state index in [-0.39, 0.29) is 12.2 Å². The average Bonchev–Trinajstić information content (AvgIpc) is 3.21. The Morgan fingerprint density at radius 3 is 2.31 bits per heavy atom. The zero-order valence-electron chi connectivity index (χ0n) is 15.1. The van der Waals surface area contributed by atoms with Crippen molar-refractivity contribution >= 4 is 17.8 Å². The molecule has 2 heterocycles. The zero-order valence-corrected chi connectivity index (χ0v) is 15.1. The van der Waals surface area contributed by atoms with Gasteiger partial charge in [-0.05, 0) is 35.4 Å². The number of aliphatic carboxylic acids is 1. The van der Waals surface area contributed by atoms with Gasteiger partial charge in [-0.2, -0.15) is 5.26 Å². The van der Waals surface area contributed by atoms with Gasteiger partial charge in [0.25, 0.3) is 0 Å². The molecule has 0 radical (unpaired) electrons. The quantitative estimate of drug-likeness (QED) is 0.567. The Morgan fingerprint density at radius 1 is 1.07 bits per heavy atom. The van der Waals surface area contributed by atoms with Crippen molar-refractivity contribution in [1.29, 1.82) is 5.26 Å². The normalized spacial score (nSPS) is 27.9. The van der Waals surface area contributed by atoms with Crippen molar-refractivity contribution in [3.8, 4) is 11.8 Å². The Kier molecular flexibility index (Phi) is 4.32. The van der Waals surface area contributed by atoms with Crippen molar-refractivity contribution < 1.29 is 24.6 Å². The minimum Gasteiger partial charge on any atom is -0.508 e. The van der Waals surface area contributed by atoms with Crippen LogP contribution in [-0.2, 0) is 20.8 Å². The first-order valence-corrected chi connectivity index (χ1v) is 8.99. The standard InChI is InChI=1S/C21H17N3O5/c22-10-12-1-5-13(6-2-12)17-15-16(19(27)23-18(15)26)21(24-17,20(28)29)9-11-3-7-14(25)8-4-11/h1-8,15-17,24-25H,9H2,(H,28,29)(H,23,26,27). The van der Waals surface area contributed by atoms with Crippen LogP contribution in [-0.4, -0.2) is 33.5 Å². The minimum atomic E-state index is -1.70. The third-order valence-corrected chi connectivity index (χ3v) is 5.69. The number of carbonyl (C=O) groups excluding carboxylic acids is 2. The topological polar surface area (TPSA) is 140 Å². The van der Waals surface area contributed by atoms with E-state index in [0.717, 1.165) is 0 Å². The fraction of sp³-hybridized carbons (Fsp3) is 0.238. The summed E-state index contributed by atoms with van der Waals surface area (Å²) >= 11 is 0. The maximum Gasteiger partial charge on any atom is 0.325 e. The number of rotatable bonds is 4. The van der Waals surface area contributed by atoms with E-state index in [1.165, 1.54) is 12.1 Å². The molecule has 29 heavy (non-hydrogen) atoms. The lowest BCUT2D eigenvalue weighted by molar-refractivity contribution is -0.149. The van der Waals surface area contributed by atoms with Crippen LogP contribution in [0.15, 0.2) is 48.5 Å². The molecule has 0 aromatic heterocycles. The Balaban J connectivity index is 1.79. The Bertz CT molecular complexity index is 1040. The van der Waals surface area contributed by atoms with E-state index >= 15 is 0 Å². The van der Waals surface area contributed by atoms with E-state index in [2.05, 4.69) is 10.6 Å². The summed E-state index contributed by atoms with van der Waals surface area (Å²) in [6.45, 7) is 0. The van der Waals surface area contributed by atoms with Crippen molar-refractivity contribution in [3.05, 3.63) is 65.2 Å². The van der Waals surface area contributed by atoms with Gasteiger partial charge in [0.15, 0.2) is 0 Å². The summed E-state index contributed by atoms with van der Waals surface area (Å²) in [6, 6.07) is 13.8. The van der Waals surface area contributed by atoms with E-state index in [1.807, 2.05) is 6.07 Å². The summed E-state index contributed by atoms with van der Waals surface area (Å²) in [7, 11) is 0. The maximum absolute atomic E-state index is 12.6. The maximum atomic E-state index is 12.6. The number of phenolic OH excluding ortho intramolecular Hbond substituents is 1. The molecule has 4 atom stereocenters. The van der Waals surface area contributed by atoms with Crippen LogP contribution in [0.25, 0.3) is 0 Å². The molecule has 2 saturated heterocycles. The summed E-state index contributed by atoms with van der Waals surface area (Å²) in [6.07, 6.45) is -0.0444. The predicted molar refractivity (Wildman–Crippen MR) is 99.3 cm³/mol. The summed E-state index contributed by atoms with van der Waals surface area (Å²) in [4.78, 5) is 37.5. The molecule has 0 saturated carbocycles. The minimum absolute atomic E-state index is 0.0413. The van der Waals surface area contributed by atoms with Gasteiger partial charge in [0, 0.05) is 12.5 Å². The van der Waals surface area contributed by atoms with E-state index in [0.29, 0.717) is 16.7 Å². The van der Waals surface area contributed by atoms with Gasteiger partial charge in [-0.25, -0.2) is 0 Å². The second-order valence-corrected chi connectivity index (χ2v) is 7.33. The number of nitrogens with one attached hydrogen (secondary N) is 2. The molecule has 0 spiro atoms. The molecular weight excluding hydrogens is 374 g/mol. The number of amides is 2. The summed E-state index contributed by atoms with van der Waals surface area (Å²) in [5, 5.41) is 33.9. The van der Waals surface area contributed by atoms with E-state index < -0.39 is 41.2 Å². The number of carboxylic acids is 1. The Labute approximate surface area is 165 Å². The fourth-order valence-corrected chi connectivity index (χ4v) is 4.35. The number of nitrogens with zero attached hydrogens (tertiary/aromatic N) is 1. The third-order valence-electron chi connectivity index (χ3n) is 5.69. The number of fused-ring (bicyclic) bond motifs is 1. The van der Waals surface area contributed by atoms with E-state index in [9.17, 15) is 24.6 Å². The third kappa shape index (κ3) is 2.92. The van der Waals surface area contributed by atoms with Crippen molar-refractivity contribution in [1.82, 2.24) is 10.6 Å². The molecule has 2 aromatic carbocycles. The van der Waals surface area contributed by atoms with Crippen LogP contribution in [0.2, 0.25) is 0 Å². The number of hydrogen-bond acceptors (Lipinski definition) is 6. The van der Waals surface area contributed by atoms with E-state index in [4.69, 9.17) is 5.26 Å². The monoisotopic (exact) mass is 391 g/mol. The van der Waals surface area contributed by atoms with Gasteiger partial charge in [0.1, 0.15) is 11.3 Å². The van der Waals surface area contributed by atoms with Gasteiger partial charge >= 0.3 is 5.97 Å². The largest absolute Gasteiger partial charge is 0.508 e. The molecular formula is C21H17N3O5. The Hall–Kier alpha value is -3.70. The number of aromatic hydroxyl groups is 1. The molecule has 0 bridgehead atoms. The van der Waals surface area contributed by atoms with Gasteiger partial charge < -0.3 is 10.2 Å². The molecule has 2 fully saturated rings. The number of hydrogen-bond donors (Lipinski definition) is 4. The van der Waals surface area contributed by atoms with Crippen LogP contribution in [0.3, 0.4) is 0 Å². The van der Waals surface area contributed by atoms with Crippen LogP contribution in [0.1, 0.15) is 22.7 Å². The second kappa shape index (κ2) is 6.72. The average molecular weight is 391 g/mol. The molecule has 8 heteroatoms. The highest BCUT2D eigenvalue weighted by Gasteiger charge is 2.66. The molecule has 8 nitrogen and oxygen atoms in total. The van der Waals surface area contributed by atoms with Crippen LogP contribution >= 0.6 is 0 Å². The zero-order chi connectivity index (χ0) is 20.8. The lowest BCUT2D eigenvalue weighted by Gasteiger charge is -2.30. The molecule has 146 valence electrons. The lowest BCUT2D eigenvalue weighted by Crippen LogP contribution is -2.57. The molecule has 4 N–H and O–H groups in total. The molecule has 2 aromatic rings. The van der Waals surface area contributed by atoms with Crippen LogP contribution in [0, 0.1) is 23.2 Å². The number of benzene rings is 2. The van der Waals surface area contributed by atoms with Crippen molar-refractivity contribution in [2.75, 3.05) is 0 Å².